The maximum absolute atomic E-state index is 13.1. The summed E-state index contributed by atoms with van der Waals surface area (Å²) in [6, 6.07) is 0.176. The van der Waals surface area contributed by atoms with Crippen molar-refractivity contribution in [2.45, 2.75) is 83.0 Å². The molecule has 2 atom stereocenters. The van der Waals surface area contributed by atoms with E-state index in [1.54, 1.807) is 0 Å². The maximum Gasteiger partial charge on any atom is 0.244 e. The van der Waals surface area contributed by atoms with Crippen LogP contribution in [0.5, 0.6) is 0 Å². The molecule has 1 spiro atoms. The first-order valence-corrected chi connectivity index (χ1v) is 8.86. The minimum absolute atomic E-state index is 0.176. The number of nitrogens with zero attached hydrogens (tertiary/aromatic N) is 1. The fraction of sp³-hybridized carbons (Fsp3) is 0.941. The number of hydrogen-bond acceptors (Lipinski definition) is 3. The van der Waals surface area contributed by atoms with Crippen LogP contribution in [-0.4, -0.2) is 41.8 Å². The third kappa shape index (κ3) is 2.72. The summed E-state index contributed by atoms with van der Waals surface area (Å²) in [4.78, 5) is 15.3. The Balaban J connectivity index is 1.79. The van der Waals surface area contributed by atoms with Gasteiger partial charge in [-0.3, -0.25) is 10.1 Å². The zero-order chi connectivity index (χ0) is 14.9. The van der Waals surface area contributed by atoms with E-state index in [0.29, 0.717) is 18.4 Å². The highest BCUT2D eigenvalue weighted by molar-refractivity contribution is 5.89. The molecule has 1 saturated heterocycles. The van der Waals surface area contributed by atoms with Crippen LogP contribution in [0.15, 0.2) is 0 Å². The van der Waals surface area contributed by atoms with Crippen molar-refractivity contribution in [1.82, 2.24) is 10.2 Å². The normalized spacial score (nSPS) is 30.7. The number of ether oxygens (including phenoxy) is 1. The Kier molecular flexibility index (Phi) is 4.55. The number of nitrogens with one attached hydrogen (secondary N) is 1. The number of amides is 1. The third-order valence-corrected chi connectivity index (χ3v) is 5.71. The van der Waals surface area contributed by atoms with Crippen LogP contribution in [0.1, 0.15) is 65.2 Å². The largest absolute Gasteiger partial charge is 0.380 e. The molecule has 3 aliphatic rings. The van der Waals surface area contributed by atoms with Gasteiger partial charge in [0, 0.05) is 6.61 Å². The molecule has 2 unspecified atom stereocenters. The molecule has 120 valence electrons. The molecule has 4 heteroatoms. The first-order valence-electron chi connectivity index (χ1n) is 8.86. The Morgan fingerprint density at radius 2 is 1.95 bits per heavy atom. The summed E-state index contributed by atoms with van der Waals surface area (Å²) in [5.74, 6) is 0.988. The summed E-state index contributed by atoms with van der Waals surface area (Å²) in [7, 11) is 0. The average Bonchev–Trinajstić information content (AvgIpc) is 3.19. The molecule has 0 aromatic rings. The van der Waals surface area contributed by atoms with E-state index in [2.05, 4.69) is 17.1 Å². The van der Waals surface area contributed by atoms with Crippen molar-refractivity contribution in [1.29, 1.82) is 0 Å². The van der Waals surface area contributed by atoms with Crippen LogP contribution in [0, 0.1) is 5.92 Å². The zero-order valence-corrected chi connectivity index (χ0v) is 13.6. The molecular formula is C17H30N2O2. The zero-order valence-electron chi connectivity index (χ0n) is 13.6. The molecule has 1 amide bonds. The lowest BCUT2D eigenvalue weighted by Crippen LogP contribution is -2.48. The standard InChI is InChI=1S/C17H30N2O2/c1-3-21-12-13(2)19-15(14-8-4-5-9-14)18-17(16(19)20)10-6-7-11-17/h13-15,18H,3-12H2,1-2H3. The number of carbonyl (C=O) groups is 1. The van der Waals surface area contributed by atoms with Gasteiger partial charge in [0.25, 0.3) is 0 Å². The Bertz CT molecular complexity index is 373. The molecule has 0 aromatic carbocycles. The van der Waals surface area contributed by atoms with E-state index in [1.807, 2.05) is 6.92 Å². The van der Waals surface area contributed by atoms with Gasteiger partial charge in [-0.25, -0.2) is 0 Å². The van der Waals surface area contributed by atoms with Crippen molar-refractivity contribution in [3.05, 3.63) is 0 Å². The molecular weight excluding hydrogens is 264 g/mol. The van der Waals surface area contributed by atoms with Gasteiger partial charge in [-0.15, -0.1) is 0 Å². The lowest BCUT2D eigenvalue weighted by molar-refractivity contribution is -0.136. The summed E-state index contributed by atoms with van der Waals surface area (Å²) < 4.78 is 5.60. The van der Waals surface area contributed by atoms with Gasteiger partial charge in [0.1, 0.15) is 0 Å². The predicted octanol–water partition coefficient (Wildman–Crippen LogP) is 2.67. The molecule has 0 aromatic heterocycles. The first kappa shape index (κ1) is 15.3. The van der Waals surface area contributed by atoms with Gasteiger partial charge in [-0.2, -0.15) is 0 Å². The lowest BCUT2D eigenvalue weighted by atomic mass is 9.97. The maximum atomic E-state index is 13.1. The molecule has 0 radical (unpaired) electrons. The second kappa shape index (κ2) is 6.25. The van der Waals surface area contributed by atoms with Crippen molar-refractivity contribution in [3.63, 3.8) is 0 Å². The molecule has 1 N–H and O–H groups in total. The van der Waals surface area contributed by atoms with Crippen LogP contribution in [0.25, 0.3) is 0 Å². The number of carbonyl (C=O) groups excluding carboxylic acids is 1. The van der Waals surface area contributed by atoms with Gasteiger partial charge in [-0.05, 0) is 45.4 Å². The van der Waals surface area contributed by atoms with E-state index < -0.39 is 0 Å². The van der Waals surface area contributed by atoms with Crippen LogP contribution in [-0.2, 0) is 9.53 Å². The molecule has 2 aliphatic carbocycles. The second-order valence-corrected chi connectivity index (χ2v) is 7.14. The van der Waals surface area contributed by atoms with Gasteiger partial charge < -0.3 is 9.64 Å². The van der Waals surface area contributed by atoms with E-state index in [-0.39, 0.29) is 17.7 Å². The molecule has 1 aliphatic heterocycles. The minimum Gasteiger partial charge on any atom is -0.380 e. The first-order chi connectivity index (χ1) is 10.2. The molecule has 21 heavy (non-hydrogen) atoms. The third-order valence-electron chi connectivity index (χ3n) is 5.71. The van der Waals surface area contributed by atoms with Crippen LogP contribution < -0.4 is 5.32 Å². The molecule has 0 bridgehead atoms. The monoisotopic (exact) mass is 294 g/mol. The van der Waals surface area contributed by atoms with Crippen LogP contribution in [0.2, 0.25) is 0 Å². The molecule has 3 fully saturated rings. The quantitative estimate of drug-likeness (QED) is 0.847. The van der Waals surface area contributed by atoms with Crippen molar-refractivity contribution in [2.24, 2.45) is 5.92 Å². The Morgan fingerprint density at radius 1 is 1.29 bits per heavy atom. The summed E-state index contributed by atoms with van der Waals surface area (Å²) in [6.45, 7) is 5.54. The van der Waals surface area contributed by atoms with E-state index in [1.165, 1.54) is 38.5 Å². The van der Waals surface area contributed by atoms with Gasteiger partial charge in [0.15, 0.2) is 0 Å². The van der Waals surface area contributed by atoms with Gasteiger partial charge in [0.05, 0.1) is 24.4 Å². The SMILES string of the molecule is CCOCC(C)N1C(=O)C2(CCCC2)NC1C1CCCC1. The fourth-order valence-corrected chi connectivity index (χ4v) is 4.59. The highest BCUT2D eigenvalue weighted by Gasteiger charge is 2.55. The minimum atomic E-state index is -0.242. The lowest BCUT2D eigenvalue weighted by Gasteiger charge is -2.33. The average molecular weight is 294 g/mol. The van der Waals surface area contributed by atoms with E-state index in [9.17, 15) is 4.79 Å². The summed E-state index contributed by atoms with van der Waals surface area (Å²) in [5.41, 5.74) is -0.242. The highest BCUT2D eigenvalue weighted by Crippen LogP contribution is 2.41. The molecule has 3 rings (SSSR count). The topological polar surface area (TPSA) is 41.6 Å². The summed E-state index contributed by atoms with van der Waals surface area (Å²) >= 11 is 0. The van der Waals surface area contributed by atoms with Crippen LogP contribution in [0.4, 0.5) is 0 Å². The van der Waals surface area contributed by atoms with Gasteiger partial charge in [-0.1, -0.05) is 25.7 Å². The van der Waals surface area contributed by atoms with Crippen molar-refractivity contribution in [3.8, 4) is 0 Å². The molecule has 1 heterocycles. The summed E-state index contributed by atoms with van der Waals surface area (Å²) in [5, 5.41) is 3.79. The van der Waals surface area contributed by atoms with Crippen molar-refractivity contribution >= 4 is 5.91 Å². The van der Waals surface area contributed by atoms with Gasteiger partial charge >= 0.3 is 0 Å². The molecule has 4 nitrogen and oxygen atoms in total. The van der Waals surface area contributed by atoms with Crippen LogP contribution in [0.3, 0.4) is 0 Å². The van der Waals surface area contributed by atoms with Crippen molar-refractivity contribution < 1.29 is 9.53 Å². The smallest absolute Gasteiger partial charge is 0.244 e. The summed E-state index contributed by atoms with van der Waals surface area (Å²) in [6.07, 6.45) is 9.81. The Morgan fingerprint density at radius 3 is 2.57 bits per heavy atom. The highest BCUT2D eigenvalue weighted by atomic mass is 16.5. The second-order valence-electron chi connectivity index (χ2n) is 7.14. The number of hydrogen-bond donors (Lipinski definition) is 1. The predicted molar refractivity (Wildman–Crippen MR) is 82.9 cm³/mol. The van der Waals surface area contributed by atoms with Crippen molar-refractivity contribution in [2.75, 3.05) is 13.2 Å². The van der Waals surface area contributed by atoms with Crippen LogP contribution >= 0.6 is 0 Å². The Hall–Kier alpha value is -0.610. The fourth-order valence-electron chi connectivity index (χ4n) is 4.59. The number of rotatable bonds is 5. The van der Waals surface area contributed by atoms with Gasteiger partial charge in [0.2, 0.25) is 5.91 Å². The van der Waals surface area contributed by atoms with E-state index >= 15 is 0 Å². The Labute approximate surface area is 128 Å². The molecule has 2 saturated carbocycles. The van der Waals surface area contributed by atoms with E-state index in [0.717, 1.165) is 19.4 Å². The van der Waals surface area contributed by atoms with E-state index in [4.69, 9.17) is 4.74 Å².